The number of hydrogen-bond acceptors (Lipinski definition) is 3. The van der Waals surface area contributed by atoms with Crippen molar-refractivity contribution in [3.8, 4) is 0 Å². The lowest BCUT2D eigenvalue weighted by Gasteiger charge is -2.26. The summed E-state index contributed by atoms with van der Waals surface area (Å²) in [6.45, 7) is 3.12. The van der Waals surface area contributed by atoms with Crippen LogP contribution >= 0.6 is 0 Å². The number of hydrogen-bond donors (Lipinski definition) is 0. The van der Waals surface area contributed by atoms with Gasteiger partial charge < -0.3 is 4.90 Å². The van der Waals surface area contributed by atoms with Gasteiger partial charge in [0.25, 0.3) is 5.91 Å². The first-order valence-corrected chi connectivity index (χ1v) is 10.4. The molecule has 4 nitrogen and oxygen atoms in total. The van der Waals surface area contributed by atoms with E-state index in [4.69, 9.17) is 0 Å². The van der Waals surface area contributed by atoms with Crippen molar-refractivity contribution in [1.29, 1.82) is 0 Å². The van der Waals surface area contributed by atoms with Crippen molar-refractivity contribution in [3.05, 3.63) is 105 Å². The Hall–Kier alpha value is -3.69. The van der Waals surface area contributed by atoms with Crippen LogP contribution in [0.25, 0.3) is 0 Å². The topological polar surface area (TPSA) is 49.7 Å². The monoisotopic (exact) mass is 494 g/mol. The third-order valence-corrected chi connectivity index (χ3v) is 5.67. The molecule has 0 heterocycles. The molecule has 0 radical (unpaired) electrons. The van der Waals surface area contributed by atoms with E-state index in [2.05, 4.69) is 5.18 Å². The largest absolute Gasteiger partial charge is 0.419 e. The second kappa shape index (κ2) is 10.3. The summed E-state index contributed by atoms with van der Waals surface area (Å²) in [5.74, 6) is -6.63. The van der Waals surface area contributed by atoms with Gasteiger partial charge in [-0.15, -0.1) is 4.91 Å². The van der Waals surface area contributed by atoms with Gasteiger partial charge in [-0.1, -0.05) is 41.6 Å². The molecule has 0 saturated carbocycles. The van der Waals surface area contributed by atoms with Crippen molar-refractivity contribution in [2.75, 3.05) is 11.4 Å². The zero-order valence-corrected chi connectivity index (χ0v) is 18.7. The molecule has 3 rings (SSSR count). The lowest BCUT2D eigenvalue weighted by molar-refractivity contribution is -0.140. The van der Waals surface area contributed by atoms with Gasteiger partial charge in [0.2, 0.25) is 0 Å². The first-order valence-electron chi connectivity index (χ1n) is 10.4. The molecule has 1 unspecified atom stereocenters. The summed E-state index contributed by atoms with van der Waals surface area (Å²) in [4.78, 5) is 26.0. The molecular weight excluding hydrogens is 474 g/mol. The number of carbonyl (C=O) groups is 1. The van der Waals surface area contributed by atoms with Crippen molar-refractivity contribution in [2.45, 2.75) is 32.5 Å². The Morgan fingerprint density at radius 1 is 0.943 bits per heavy atom. The van der Waals surface area contributed by atoms with Crippen LogP contribution in [0, 0.1) is 36.2 Å². The van der Waals surface area contributed by atoms with Crippen LogP contribution in [-0.2, 0) is 17.4 Å². The number of anilines is 1. The Bertz CT molecular complexity index is 1240. The first-order chi connectivity index (χ1) is 16.5. The molecule has 0 aliphatic carbocycles. The molecule has 0 aliphatic rings. The molecule has 3 aromatic carbocycles. The van der Waals surface area contributed by atoms with E-state index in [1.807, 2.05) is 6.92 Å². The van der Waals surface area contributed by atoms with Crippen LogP contribution in [0.4, 0.5) is 32.0 Å². The maximum atomic E-state index is 14.4. The molecule has 35 heavy (non-hydrogen) atoms. The second-order valence-corrected chi connectivity index (χ2v) is 7.94. The second-order valence-electron chi connectivity index (χ2n) is 7.94. The van der Waals surface area contributed by atoms with E-state index in [1.165, 1.54) is 12.1 Å². The van der Waals surface area contributed by atoms with Crippen LogP contribution < -0.4 is 4.90 Å². The number of rotatable bonds is 7. The minimum absolute atomic E-state index is 0.115. The predicted molar refractivity (Wildman–Crippen MR) is 118 cm³/mol. The van der Waals surface area contributed by atoms with Gasteiger partial charge in [0.15, 0.2) is 17.7 Å². The number of nitrogens with zero attached hydrogens (tertiary/aromatic N) is 2. The van der Waals surface area contributed by atoms with Gasteiger partial charge in [-0.05, 0) is 55.2 Å². The fraction of sp³-hybridized carbons (Fsp3) is 0.240. The quantitative estimate of drug-likeness (QED) is 0.206. The Balaban J connectivity index is 2.01. The molecule has 0 N–H and O–H groups in total. The Morgan fingerprint density at radius 3 is 2.17 bits per heavy atom. The summed E-state index contributed by atoms with van der Waals surface area (Å²) in [5, 5.41) is 2.91. The molecule has 1 amide bonds. The fourth-order valence-corrected chi connectivity index (χ4v) is 3.58. The highest BCUT2D eigenvalue weighted by Gasteiger charge is 2.38. The maximum absolute atomic E-state index is 14.4. The van der Waals surface area contributed by atoms with Crippen molar-refractivity contribution in [2.24, 2.45) is 5.18 Å². The van der Waals surface area contributed by atoms with E-state index in [9.17, 15) is 36.0 Å². The summed E-state index contributed by atoms with van der Waals surface area (Å²) in [6, 6.07) is 11.1. The average molecular weight is 494 g/mol. The smallest absolute Gasteiger partial charge is 0.310 e. The predicted octanol–water partition coefficient (Wildman–Crippen LogP) is 6.82. The van der Waals surface area contributed by atoms with Crippen LogP contribution in [-0.4, -0.2) is 12.5 Å². The van der Waals surface area contributed by atoms with Crippen LogP contribution in [0.3, 0.4) is 0 Å². The summed E-state index contributed by atoms with van der Waals surface area (Å²) in [5.41, 5.74) is -0.806. The number of aryl methyl sites for hydroxylation is 2. The van der Waals surface area contributed by atoms with Gasteiger partial charge in [-0.2, -0.15) is 13.2 Å². The number of halogens is 6. The molecule has 0 aromatic heterocycles. The molecule has 184 valence electrons. The molecule has 0 aliphatic heterocycles. The van der Waals surface area contributed by atoms with E-state index in [-0.39, 0.29) is 17.3 Å². The number of nitroso groups, excluding NO2 is 1. The number of carbonyl (C=O) groups excluding carboxylic acids is 1. The number of amides is 1. The lowest BCUT2D eigenvalue weighted by atomic mass is 10.0. The molecule has 0 spiro atoms. The Kier molecular flexibility index (Phi) is 7.62. The van der Waals surface area contributed by atoms with Gasteiger partial charge in [-0.25, -0.2) is 13.2 Å². The van der Waals surface area contributed by atoms with Crippen molar-refractivity contribution < 1.29 is 31.1 Å². The highest BCUT2D eigenvalue weighted by atomic mass is 19.4. The van der Waals surface area contributed by atoms with E-state index < -0.39 is 59.7 Å². The summed E-state index contributed by atoms with van der Waals surface area (Å²) < 4.78 is 81.5. The van der Waals surface area contributed by atoms with E-state index >= 15 is 0 Å². The minimum atomic E-state index is -5.29. The number of benzene rings is 3. The van der Waals surface area contributed by atoms with Gasteiger partial charge in [0.1, 0.15) is 5.82 Å². The van der Waals surface area contributed by atoms with E-state index in [1.54, 1.807) is 43.3 Å². The minimum Gasteiger partial charge on any atom is -0.310 e. The Morgan fingerprint density at radius 2 is 1.60 bits per heavy atom. The highest BCUT2D eigenvalue weighted by molar-refractivity contribution is 5.98. The van der Waals surface area contributed by atoms with Crippen molar-refractivity contribution in [3.63, 3.8) is 0 Å². The Labute approximate surface area is 197 Å². The zero-order chi connectivity index (χ0) is 25.9. The van der Waals surface area contributed by atoms with Gasteiger partial charge >= 0.3 is 6.18 Å². The molecule has 10 heteroatoms. The normalized spacial score (nSPS) is 12.3. The standard InChI is InChI=1S/C25H20F6N2O2/c1-14-8-9-17(12-15(14)2)33(24(34)23(32-35)16-6-4-3-5-7-16)11-10-18-20(26)13-19(25(29,30)31)22(28)21(18)27/h3-9,12-13,23H,10-11H2,1-2H3. The zero-order valence-electron chi connectivity index (χ0n) is 18.7. The number of alkyl halides is 3. The lowest BCUT2D eigenvalue weighted by Crippen LogP contribution is -2.36. The van der Waals surface area contributed by atoms with E-state index in [0.29, 0.717) is 0 Å². The molecule has 0 bridgehead atoms. The fourth-order valence-electron chi connectivity index (χ4n) is 3.58. The van der Waals surface area contributed by atoms with Crippen LogP contribution in [0.2, 0.25) is 0 Å². The van der Waals surface area contributed by atoms with E-state index in [0.717, 1.165) is 16.0 Å². The highest BCUT2D eigenvalue weighted by Crippen LogP contribution is 2.35. The summed E-state index contributed by atoms with van der Waals surface area (Å²) in [7, 11) is 0. The molecule has 0 fully saturated rings. The SMILES string of the molecule is Cc1ccc(N(CCc2c(F)cc(C(F)(F)F)c(F)c2F)C(=O)C(N=O)c2ccccc2)cc1C. The van der Waals surface area contributed by atoms with Gasteiger partial charge in [-0.3, -0.25) is 4.79 Å². The molecular formula is C25H20F6N2O2. The van der Waals surface area contributed by atoms with Gasteiger partial charge in [0.05, 0.1) is 5.56 Å². The molecule has 3 aromatic rings. The van der Waals surface area contributed by atoms with Gasteiger partial charge in [0, 0.05) is 17.8 Å². The molecule has 1 atom stereocenters. The first kappa shape index (κ1) is 25.9. The summed E-state index contributed by atoms with van der Waals surface area (Å²) in [6.07, 6.45) is -5.95. The third kappa shape index (κ3) is 5.52. The average Bonchev–Trinajstić information content (AvgIpc) is 2.81. The van der Waals surface area contributed by atoms with Crippen LogP contribution in [0.5, 0.6) is 0 Å². The maximum Gasteiger partial charge on any atom is 0.419 e. The third-order valence-electron chi connectivity index (χ3n) is 5.67. The summed E-state index contributed by atoms with van der Waals surface area (Å²) >= 11 is 0. The van der Waals surface area contributed by atoms with Crippen molar-refractivity contribution >= 4 is 11.6 Å². The van der Waals surface area contributed by atoms with Crippen molar-refractivity contribution in [1.82, 2.24) is 0 Å². The molecule has 0 saturated heterocycles. The van der Waals surface area contributed by atoms with Crippen LogP contribution in [0.1, 0.15) is 33.9 Å². The van der Waals surface area contributed by atoms with Crippen LogP contribution in [0.15, 0.2) is 59.8 Å².